The molecule has 1 aromatic rings. The number of anilines is 1. The molecule has 1 aromatic carbocycles. The van der Waals surface area contributed by atoms with Crippen molar-refractivity contribution >= 4 is 39.4 Å². The Morgan fingerprint density at radius 1 is 0.903 bits per heavy atom. The Morgan fingerprint density at radius 3 is 2.18 bits per heavy atom. The van der Waals surface area contributed by atoms with Gasteiger partial charge in [0.15, 0.2) is 24.7 Å². The Kier molecular flexibility index (Phi) is 17.0. The number of carbonyl (C=O) groups excluding carboxylic acids is 3. The van der Waals surface area contributed by atoms with E-state index in [9.17, 15) is 27.4 Å². The van der Waals surface area contributed by atoms with E-state index in [-0.39, 0.29) is 41.1 Å². The first-order valence-corrected chi connectivity index (χ1v) is 22.7. The molecule has 2 heterocycles. The average molecular weight is 879 g/mol. The molecule has 2 aliphatic heterocycles. The maximum atomic E-state index is 12.4. The van der Waals surface area contributed by atoms with E-state index >= 15 is 0 Å². The lowest BCUT2D eigenvalue weighted by atomic mass is 9.82. The van der Waals surface area contributed by atoms with Crippen molar-refractivity contribution in [2.45, 2.75) is 95.0 Å². The summed E-state index contributed by atoms with van der Waals surface area (Å²) in [7, 11) is -1.40. The second-order valence-corrected chi connectivity index (χ2v) is 18.5. The van der Waals surface area contributed by atoms with E-state index < -0.39 is 27.6 Å². The van der Waals surface area contributed by atoms with Gasteiger partial charge in [0.1, 0.15) is 34.9 Å². The van der Waals surface area contributed by atoms with Crippen molar-refractivity contribution in [3.05, 3.63) is 82.6 Å². The monoisotopic (exact) mass is 878 g/mol. The summed E-state index contributed by atoms with van der Waals surface area (Å²) in [5, 5.41) is 0.964. The van der Waals surface area contributed by atoms with Crippen molar-refractivity contribution in [1.29, 1.82) is 0 Å². The first kappa shape index (κ1) is 48.5. The van der Waals surface area contributed by atoms with Crippen LogP contribution in [0.2, 0.25) is 0 Å². The van der Waals surface area contributed by atoms with Gasteiger partial charge in [-0.3, -0.25) is 14.4 Å². The summed E-state index contributed by atoms with van der Waals surface area (Å²) in [6.07, 6.45) is 6.64. The van der Waals surface area contributed by atoms with Crippen LogP contribution in [-0.2, 0) is 59.0 Å². The van der Waals surface area contributed by atoms with E-state index in [1.165, 1.54) is 12.1 Å². The second-order valence-electron chi connectivity index (χ2n) is 17.1. The van der Waals surface area contributed by atoms with Gasteiger partial charge in [0.25, 0.3) is 0 Å². The fourth-order valence-electron chi connectivity index (χ4n) is 7.81. The third-order valence-electron chi connectivity index (χ3n) is 11.2. The smallest absolute Gasteiger partial charge is 0.306 e. The van der Waals surface area contributed by atoms with Gasteiger partial charge < -0.3 is 37.6 Å². The molecule has 338 valence electrons. The Balaban J connectivity index is 1.43. The van der Waals surface area contributed by atoms with Crippen molar-refractivity contribution in [2.24, 2.45) is 0 Å². The van der Waals surface area contributed by atoms with Crippen LogP contribution in [0.1, 0.15) is 90.0 Å². The average Bonchev–Trinajstić information content (AvgIpc) is 3.64. The first-order valence-electron chi connectivity index (χ1n) is 21.3. The number of benzene rings is 2. The van der Waals surface area contributed by atoms with Crippen LogP contribution < -0.4 is 14.8 Å². The highest BCUT2D eigenvalue weighted by Gasteiger charge is 2.40. The maximum Gasteiger partial charge on any atom is 0.306 e. The van der Waals surface area contributed by atoms with Gasteiger partial charge in [-0.2, -0.15) is 0 Å². The summed E-state index contributed by atoms with van der Waals surface area (Å²) in [4.78, 5) is 38.1. The molecule has 2 aliphatic carbocycles. The van der Waals surface area contributed by atoms with Gasteiger partial charge >= 0.3 is 5.97 Å². The highest BCUT2D eigenvalue weighted by Crippen LogP contribution is 2.48. The zero-order valence-corrected chi connectivity index (χ0v) is 38.0. The highest BCUT2D eigenvalue weighted by molar-refractivity contribution is 7.85. The van der Waals surface area contributed by atoms with Crippen LogP contribution in [0.4, 0.5) is 5.69 Å². The summed E-state index contributed by atoms with van der Waals surface area (Å²) >= 11 is 0. The maximum absolute atomic E-state index is 12.4. The number of fused-ring (bicyclic) bond motifs is 2. The number of rotatable bonds is 22. The number of Topliss-reactive ketones (excluding diaryl/α,β-unsaturated/α-hetero) is 2. The second kappa shape index (κ2) is 21.7. The molecule has 0 radical (unpaired) electrons. The van der Waals surface area contributed by atoms with E-state index in [1.54, 1.807) is 20.3 Å². The van der Waals surface area contributed by atoms with Gasteiger partial charge in [0, 0.05) is 68.5 Å². The van der Waals surface area contributed by atoms with Crippen LogP contribution in [-0.4, -0.2) is 110 Å². The number of methoxy groups -OCH3 is 2. The summed E-state index contributed by atoms with van der Waals surface area (Å²) < 4.78 is 72.1. The minimum Gasteiger partial charge on any atom is -0.744 e. The topological polar surface area (TPSA) is 174 Å². The number of nitrogens with zero attached hydrogens (tertiary/aromatic N) is 2. The molecule has 14 nitrogen and oxygen atoms in total. The van der Waals surface area contributed by atoms with Gasteiger partial charge in [-0.25, -0.2) is 13.0 Å². The van der Waals surface area contributed by atoms with E-state index in [0.717, 1.165) is 33.6 Å². The molecular formula is C47H62N2O12S. The number of allylic oxidation sites excluding steroid dienone is 3. The van der Waals surface area contributed by atoms with Crippen LogP contribution in [0.5, 0.6) is 0 Å². The Bertz CT molecular complexity index is 2240. The molecule has 0 spiro atoms. The normalized spacial score (nSPS) is 16.3. The predicted octanol–water partition coefficient (Wildman–Crippen LogP) is 5.78. The van der Waals surface area contributed by atoms with E-state index in [0.29, 0.717) is 89.9 Å². The van der Waals surface area contributed by atoms with Crippen molar-refractivity contribution < 1.29 is 55.5 Å². The van der Waals surface area contributed by atoms with Gasteiger partial charge in [-0.1, -0.05) is 47.1 Å². The molecule has 4 aliphatic rings. The van der Waals surface area contributed by atoms with Crippen LogP contribution in [0, 0.1) is 0 Å². The molecule has 62 heavy (non-hydrogen) atoms. The highest BCUT2D eigenvalue weighted by atomic mass is 32.2. The Labute approximate surface area is 365 Å². The largest absolute Gasteiger partial charge is 0.744 e. The molecule has 0 N–H and O–H groups in total. The van der Waals surface area contributed by atoms with Crippen molar-refractivity contribution in [1.82, 2.24) is 4.58 Å². The van der Waals surface area contributed by atoms with E-state index in [4.69, 9.17) is 28.1 Å². The molecule has 0 amide bonds. The molecule has 1 fully saturated rings. The number of hydrogen-bond donors (Lipinski definition) is 0. The number of ether oxygens (including phenoxy) is 5. The first-order chi connectivity index (χ1) is 29.4. The molecule has 0 atom stereocenters. The summed E-state index contributed by atoms with van der Waals surface area (Å²) in [6.45, 7) is 15.3. The molecule has 1 saturated carbocycles. The molecule has 15 heteroatoms. The molecule has 0 unspecified atom stereocenters. The SMILES string of the molecule is COCCOCC[N+](CCOCCOC)=c1ccc2c(C(C)(C)C)cc(/C=C/C=C3/N(CCCCCC(=O)OC4C(=O)CCC4=O)c4ccc(S(=O)(=O)[O-])cc4C3(C)C)oc-2c1. The molecule has 0 saturated heterocycles. The van der Waals surface area contributed by atoms with Crippen molar-refractivity contribution in [3.8, 4) is 11.3 Å². The Morgan fingerprint density at radius 2 is 1.56 bits per heavy atom. The molecule has 0 bridgehead atoms. The number of hydrogen-bond acceptors (Lipinski definition) is 13. The lowest BCUT2D eigenvalue weighted by molar-refractivity contribution is -0.157. The fraction of sp³-hybridized carbons (Fsp3) is 0.532. The summed E-state index contributed by atoms with van der Waals surface area (Å²) in [5.74, 6) is 0.0816. The van der Waals surface area contributed by atoms with Crippen molar-refractivity contribution in [3.63, 3.8) is 0 Å². The standard InChI is InChI=1S/C47H62N2O12S/c1-46(2,3)37-31-34(60-42-30-33(15-17-36(37)42)48(22-24-58-28-26-56-6)23-25-59-29-27-57-7)12-11-13-43-47(4,5)38-32-35(62(53,54)55)16-18-39(38)49(43)21-10-8-9-14-44(52)61-45-40(50)19-20-41(45)51/h11-13,15-18,30-32,45H,8-10,14,19-29H2,1-7H3. The lowest BCUT2D eigenvalue weighted by Crippen LogP contribution is -2.36. The quantitative estimate of drug-likeness (QED) is 0.0391. The minimum absolute atomic E-state index is 0.0766. The molecular weight excluding hydrogens is 817 g/mol. The van der Waals surface area contributed by atoms with E-state index in [1.807, 2.05) is 32.1 Å². The van der Waals surface area contributed by atoms with Gasteiger partial charge in [0.2, 0.25) is 11.5 Å². The number of ketones is 2. The van der Waals surface area contributed by atoms with Gasteiger partial charge in [-0.15, -0.1) is 0 Å². The van der Waals surface area contributed by atoms with Crippen LogP contribution in [0.3, 0.4) is 0 Å². The van der Waals surface area contributed by atoms with Crippen LogP contribution >= 0.6 is 0 Å². The predicted molar refractivity (Wildman–Crippen MR) is 234 cm³/mol. The molecule has 5 rings (SSSR count). The molecule has 0 aromatic heterocycles. The summed E-state index contributed by atoms with van der Waals surface area (Å²) in [6, 6.07) is 12.8. The van der Waals surface area contributed by atoms with Crippen molar-refractivity contribution in [2.75, 3.05) is 78.4 Å². The van der Waals surface area contributed by atoms with Crippen LogP contribution in [0.25, 0.3) is 17.4 Å². The Hall–Kier alpha value is -4.51. The minimum atomic E-state index is -4.70. The zero-order chi connectivity index (χ0) is 45.1. The van der Waals surface area contributed by atoms with Crippen LogP contribution in [0.15, 0.2) is 69.6 Å². The number of esters is 1. The zero-order valence-electron chi connectivity index (χ0n) is 37.2. The van der Waals surface area contributed by atoms with E-state index in [2.05, 4.69) is 54.5 Å². The third kappa shape index (κ3) is 12.6. The fourth-order valence-corrected chi connectivity index (χ4v) is 8.31. The lowest BCUT2D eigenvalue weighted by Gasteiger charge is -2.27. The number of carbonyl (C=O) groups is 3. The summed E-state index contributed by atoms with van der Waals surface area (Å²) in [5.41, 5.74) is 3.60. The van der Waals surface area contributed by atoms with Gasteiger partial charge in [-0.05, 0) is 71.9 Å². The van der Waals surface area contributed by atoms with Gasteiger partial charge in [0.05, 0.1) is 37.4 Å². The third-order valence-corrected chi connectivity index (χ3v) is 12.0. The number of unbranched alkanes of at least 4 members (excludes halogenated alkanes) is 2.